The fraction of sp³-hybridized carbons (Fsp3) is 0.304. The first-order valence-corrected chi connectivity index (χ1v) is 10.6. The van der Waals surface area contributed by atoms with E-state index in [0.717, 1.165) is 16.5 Å². The third-order valence-corrected chi connectivity index (χ3v) is 6.55. The van der Waals surface area contributed by atoms with Crippen LogP contribution in [0.25, 0.3) is 22.3 Å². The van der Waals surface area contributed by atoms with Crippen molar-refractivity contribution in [3.63, 3.8) is 0 Å². The average molecular weight is 448 g/mol. The highest BCUT2D eigenvalue weighted by Crippen LogP contribution is 2.42. The maximum Gasteiger partial charge on any atom is 0.343 e. The number of aromatic nitrogens is 2. The SMILES string of the molecule is CC[C@@]1(O)C(=O)OCc2c1cc1n(c2=O)Cc2c-1nc1cc3c(cc1c2/C=N/NC)OCO3. The Hall–Kier alpha value is -3.92. The zero-order valence-electron chi connectivity index (χ0n) is 18.0. The van der Waals surface area contributed by atoms with Gasteiger partial charge in [-0.15, -0.1) is 0 Å². The van der Waals surface area contributed by atoms with Crippen LogP contribution < -0.4 is 20.5 Å². The van der Waals surface area contributed by atoms with Crippen molar-refractivity contribution >= 4 is 23.1 Å². The summed E-state index contributed by atoms with van der Waals surface area (Å²) < 4.78 is 17.8. The number of benzene rings is 1. The Bertz CT molecular complexity index is 1460. The zero-order valence-corrected chi connectivity index (χ0v) is 18.0. The molecule has 2 N–H and O–H groups in total. The largest absolute Gasteiger partial charge is 0.458 e. The van der Waals surface area contributed by atoms with Crippen molar-refractivity contribution in [2.75, 3.05) is 13.8 Å². The summed E-state index contributed by atoms with van der Waals surface area (Å²) in [4.78, 5) is 30.6. The number of hydrogen-bond donors (Lipinski definition) is 2. The van der Waals surface area contributed by atoms with E-state index in [9.17, 15) is 14.7 Å². The maximum atomic E-state index is 13.4. The second kappa shape index (κ2) is 6.79. The molecule has 10 nitrogen and oxygen atoms in total. The van der Waals surface area contributed by atoms with Gasteiger partial charge in [0.05, 0.1) is 35.2 Å². The molecule has 0 unspecified atom stereocenters. The highest BCUT2D eigenvalue weighted by Gasteiger charge is 2.45. The molecule has 3 aliphatic rings. The Labute approximate surface area is 187 Å². The molecule has 33 heavy (non-hydrogen) atoms. The minimum Gasteiger partial charge on any atom is -0.458 e. The van der Waals surface area contributed by atoms with Gasteiger partial charge < -0.3 is 29.3 Å². The lowest BCUT2D eigenvalue weighted by Gasteiger charge is -2.31. The van der Waals surface area contributed by atoms with Crippen LogP contribution in [0.1, 0.15) is 35.6 Å². The zero-order chi connectivity index (χ0) is 22.9. The molecule has 0 fully saturated rings. The number of pyridine rings is 2. The molecular formula is C23H20N4O6. The monoisotopic (exact) mass is 448 g/mol. The van der Waals surface area contributed by atoms with Crippen LogP contribution >= 0.6 is 0 Å². The number of hydrazone groups is 1. The average Bonchev–Trinajstić information content (AvgIpc) is 3.42. The molecular weight excluding hydrogens is 428 g/mol. The summed E-state index contributed by atoms with van der Waals surface area (Å²) in [6.07, 6.45) is 1.78. The number of carbonyl (C=O) groups is 1. The first-order valence-electron chi connectivity index (χ1n) is 10.6. The highest BCUT2D eigenvalue weighted by molar-refractivity contribution is 6.03. The Balaban J connectivity index is 1.66. The smallest absolute Gasteiger partial charge is 0.343 e. The number of nitrogens with one attached hydrogen (secondary N) is 1. The van der Waals surface area contributed by atoms with Gasteiger partial charge in [0, 0.05) is 35.2 Å². The molecule has 0 saturated heterocycles. The molecule has 0 aliphatic carbocycles. The Morgan fingerprint density at radius 2 is 2.00 bits per heavy atom. The van der Waals surface area contributed by atoms with E-state index >= 15 is 0 Å². The highest BCUT2D eigenvalue weighted by atomic mass is 16.7. The summed E-state index contributed by atoms with van der Waals surface area (Å²) in [5.41, 5.74) is 4.53. The molecule has 0 spiro atoms. The molecule has 1 aromatic carbocycles. The van der Waals surface area contributed by atoms with Gasteiger partial charge in [-0.3, -0.25) is 4.79 Å². The fourth-order valence-corrected chi connectivity index (χ4v) is 4.78. The van der Waals surface area contributed by atoms with E-state index < -0.39 is 11.6 Å². The summed E-state index contributed by atoms with van der Waals surface area (Å²) in [6, 6.07) is 5.35. The maximum absolute atomic E-state index is 13.4. The van der Waals surface area contributed by atoms with E-state index in [-0.39, 0.29) is 43.1 Å². The van der Waals surface area contributed by atoms with Crippen LogP contribution in [0.4, 0.5) is 0 Å². The van der Waals surface area contributed by atoms with Crippen molar-refractivity contribution < 1.29 is 24.1 Å². The van der Waals surface area contributed by atoms with E-state index in [1.807, 2.05) is 6.07 Å². The minimum absolute atomic E-state index is 0.0866. The first kappa shape index (κ1) is 19.7. The summed E-state index contributed by atoms with van der Waals surface area (Å²) in [5.74, 6) is 0.464. The third kappa shape index (κ3) is 2.58. The van der Waals surface area contributed by atoms with Crippen LogP contribution in [0.2, 0.25) is 0 Å². The van der Waals surface area contributed by atoms with Gasteiger partial charge >= 0.3 is 5.97 Å². The van der Waals surface area contributed by atoms with E-state index in [0.29, 0.717) is 28.4 Å². The van der Waals surface area contributed by atoms with Crippen molar-refractivity contribution in [1.29, 1.82) is 0 Å². The number of fused-ring (bicyclic) bond motifs is 6. The molecule has 0 bridgehead atoms. The number of aliphatic hydroxyl groups is 1. The normalized spacial score (nSPS) is 20.0. The van der Waals surface area contributed by atoms with Crippen LogP contribution in [0.5, 0.6) is 11.5 Å². The second-order valence-electron chi connectivity index (χ2n) is 8.16. The number of ether oxygens (including phenoxy) is 3. The Morgan fingerprint density at radius 3 is 2.76 bits per heavy atom. The minimum atomic E-state index is -1.87. The molecule has 0 amide bonds. The summed E-state index contributed by atoms with van der Waals surface area (Å²) in [5, 5.41) is 16.1. The summed E-state index contributed by atoms with van der Waals surface area (Å²) >= 11 is 0. The third-order valence-electron chi connectivity index (χ3n) is 6.55. The molecule has 10 heteroatoms. The molecule has 5 heterocycles. The van der Waals surface area contributed by atoms with Crippen molar-refractivity contribution in [2.24, 2.45) is 5.10 Å². The van der Waals surface area contributed by atoms with E-state index in [1.165, 1.54) is 0 Å². The molecule has 6 rings (SSSR count). The number of hydrogen-bond acceptors (Lipinski definition) is 9. The van der Waals surface area contributed by atoms with Crippen molar-refractivity contribution in [1.82, 2.24) is 15.0 Å². The molecule has 0 saturated carbocycles. The number of carbonyl (C=O) groups excluding carboxylic acids is 1. The standard InChI is InChI=1S/C23H20N4O6/c1-3-23(30)15-5-17-20-13(8-27(17)21(28)14(15)9-31-22(23)29)12(7-25-24-2)11-4-18-19(33-10-32-18)6-16(11)26-20/h4-7,24,30H,3,8-10H2,1-2H3/b25-7+/t23-/m0/s1. The predicted octanol–water partition coefficient (Wildman–Crippen LogP) is 1.36. The molecule has 3 aliphatic heterocycles. The first-order chi connectivity index (χ1) is 16.0. The second-order valence-corrected chi connectivity index (χ2v) is 8.16. The van der Waals surface area contributed by atoms with Gasteiger partial charge in [0.2, 0.25) is 6.79 Å². The fourth-order valence-electron chi connectivity index (χ4n) is 4.78. The molecule has 0 radical (unpaired) electrons. The van der Waals surface area contributed by atoms with E-state index in [2.05, 4.69) is 10.5 Å². The lowest BCUT2D eigenvalue weighted by Crippen LogP contribution is -2.44. The molecule has 2 aromatic heterocycles. The molecule has 1 atom stereocenters. The summed E-state index contributed by atoms with van der Waals surface area (Å²) in [6.45, 7) is 1.92. The van der Waals surface area contributed by atoms with Gasteiger partial charge in [-0.2, -0.15) is 5.10 Å². The van der Waals surface area contributed by atoms with Gasteiger partial charge in [-0.1, -0.05) is 6.92 Å². The van der Waals surface area contributed by atoms with Gasteiger partial charge in [-0.25, -0.2) is 9.78 Å². The molecule has 3 aromatic rings. The Morgan fingerprint density at radius 1 is 1.21 bits per heavy atom. The van der Waals surface area contributed by atoms with Gasteiger partial charge in [0.15, 0.2) is 17.1 Å². The van der Waals surface area contributed by atoms with Crippen LogP contribution in [0, 0.1) is 0 Å². The van der Waals surface area contributed by atoms with Gasteiger partial charge in [-0.05, 0) is 18.6 Å². The van der Waals surface area contributed by atoms with Gasteiger partial charge in [0.25, 0.3) is 5.56 Å². The van der Waals surface area contributed by atoms with Crippen molar-refractivity contribution in [3.05, 3.63) is 50.8 Å². The van der Waals surface area contributed by atoms with Gasteiger partial charge in [0.1, 0.15) is 6.61 Å². The number of rotatable bonds is 3. The topological polar surface area (TPSA) is 124 Å². The number of cyclic esters (lactones) is 1. The quantitative estimate of drug-likeness (QED) is 0.274. The Kier molecular flexibility index (Phi) is 4.06. The summed E-state index contributed by atoms with van der Waals surface area (Å²) in [7, 11) is 1.70. The number of esters is 1. The van der Waals surface area contributed by atoms with Crippen molar-refractivity contribution in [3.8, 4) is 22.9 Å². The number of nitrogens with zero attached hydrogens (tertiary/aromatic N) is 3. The lowest BCUT2D eigenvalue weighted by atomic mass is 9.86. The van der Waals surface area contributed by atoms with Crippen LogP contribution in [-0.2, 0) is 28.3 Å². The van der Waals surface area contributed by atoms with Crippen LogP contribution in [0.3, 0.4) is 0 Å². The van der Waals surface area contributed by atoms with Crippen LogP contribution in [-0.4, -0.2) is 40.7 Å². The van der Waals surface area contributed by atoms with E-state index in [4.69, 9.17) is 19.2 Å². The lowest BCUT2D eigenvalue weighted by molar-refractivity contribution is -0.172. The van der Waals surface area contributed by atoms with E-state index in [1.54, 1.807) is 36.9 Å². The molecule has 168 valence electrons. The van der Waals surface area contributed by atoms with Crippen molar-refractivity contribution in [2.45, 2.75) is 32.1 Å². The van der Waals surface area contributed by atoms with Crippen LogP contribution in [0.15, 0.2) is 28.1 Å². The predicted molar refractivity (Wildman–Crippen MR) is 117 cm³/mol.